The lowest BCUT2D eigenvalue weighted by Gasteiger charge is -2.62. The smallest absolute Gasteiger partial charge is 0.337 e. The third-order valence-corrected chi connectivity index (χ3v) is 25.6. The highest BCUT2D eigenvalue weighted by atomic mass is 28.4. The number of amides is 1. The van der Waals surface area contributed by atoms with E-state index in [9.17, 15) is 9.90 Å². The van der Waals surface area contributed by atoms with Crippen molar-refractivity contribution in [1.29, 1.82) is 0 Å². The van der Waals surface area contributed by atoms with E-state index in [0.29, 0.717) is 29.7 Å². The third kappa shape index (κ3) is 9.15. The van der Waals surface area contributed by atoms with E-state index in [4.69, 9.17) is 18.3 Å². The van der Waals surface area contributed by atoms with Crippen LogP contribution in [0.2, 0.25) is 36.3 Å². The number of hydrogen-bond donors (Lipinski definition) is 2. The standard InChI is InChI=1S/C51H77NO9Si2/c1-16-58-37-30-39(60-63(17-2,18-3)19-4)50(13)40(32(37)5)34(7)51(57)31-38(33(6)41(49(51,11)12)43(53)45(50)54)59-47(56)44(61-62(14,15)48(8,9)10)42(35-26-22-20-23-27-35)52-46(55)36-28-24-21-25-29-36/h20-29,32,34,37-40,42,44,57H,16-19,30-31H2,1-15H3,(H,52,55)/t32-,34-,37+,38-,39?,40-,42-,44+,50+,51+/m0/s1. The Morgan fingerprint density at radius 1 is 0.905 bits per heavy atom. The van der Waals surface area contributed by atoms with Crippen LogP contribution in [0.5, 0.6) is 0 Å². The number of nitrogens with one attached hydrogen (secondary N) is 1. The van der Waals surface area contributed by atoms with Crippen LogP contribution in [0.15, 0.2) is 71.8 Å². The van der Waals surface area contributed by atoms with E-state index < -0.39 is 86.8 Å². The SMILES string of the molecule is CCO[C@@H]1CC(O[Si](CC)(CC)CC)[C@@]2(C)C(=O)C(=O)C3=C(C)[C@@H](OC(=O)[C@H](O[Si](C)(C)C(C)(C)C)[C@@H](NC(=O)c4ccccc4)c4ccccc4)C[C@@](O)([C@@H](C)[C@@H]2[C@H]1C)C3(C)C. The van der Waals surface area contributed by atoms with Gasteiger partial charge in [-0.25, -0.2) is 4.79 Å². The molecule has 10 atom stereocenters. The van der Waals surface area contributed by atoms with Gasteiger partial charge >= 0.3 is 5.97 Å². The van der Waals surface area contributed by atoms with Crippen LogP contribution in [0.3, 0.4) is 0 Å². The van der Waals surface area contributed by atoms with Crippen LogP contribution >= 0.6 is 0 Å². The van der Waals surface area contributed by atoms with Crippen LogP contribution in [0.1, 0.15) is 125 Å². The van der Waals surface area contributed by atoms with E-state index in [1.807, 2.05) is 84.1 Å². The van der Waals surface area contributed by atoms with Gasteiger partial charge in [-0.05, 0) is 104 Å². The molecule has 2 fully saturated rings. The molecule has 2 aromatic carbocycles. The summed E-state index contributed by atoms with van der Waals surface area (Å²) < 4.78 is 27.3. The molecule has 5 rings (SSSR count). The largest absolute Gasteiger partial charge is 0.456 e. The zero-order chi connectivity index (χ0) is 47.1. The van der Waals surface area contributed by atoms with E-state index in [2.05, 4.69) is 53.8 Å². The van der Waals surface area contributed by atoms with Crippen LogP contribution in [0.25, 0.3) is 0 Å². The molecule has 10 nitrogen and oxygen atoms in total. The fourth-order valence-electron chi connectivity index (χ4n) is 11.2. The van der Waals surface area contributed by atoms with Crippen LogP contribution in [0, 0.1) is 28.6 Å². The zero-order valence-corrected chi connectivity index (χ0v) is 42.8. The second-order valence-corrected chi connectivity index (χ2v) is 30.4. The minimum Gasteiger partial charge on any atom is -0.456 e. The maximum Gasteiger partial charge on any atom is 0.337 e. The average molecular weight is 904 g/mol. The van der Waals surface area contributed by atoms with Crippen LogP contribution in [-0.4, -0.2) is 81.8 Å². The molecule has 0 heterocycles. The topological polar surface area (TPSA) is 137 Å². The molecule has 0 aromatic heterocycles. The lowest BCUT2D eigenvalue weighted by atomic mass is 9.44. The number of carbonyl (C=O) groups is 4. The number of fused-ring (bicyclic) bond motifs is 3. The number of aliphatic hydroxyl groups is 1. The first-order valence-electron chi connectivity index (χ1n) is 23.4. The normalized spacial score (nSPS) is 29.8. The molecule has 0 aliphatic heterocycles. The lowest BCUT2D eigenvalue weighted by Crippen LogP contribution is -2.70. The average Bonchev–Trinajstić information content (AvgIpc) is 3.24. The summed E-state index contributed by atoms with van der Waals surface area (Å²) in [6, 6.07) is 19.7. The Hall–Kier alpha value is -3.27. The monoisotopic (exact) mass is 904 g/mol. The molecule has 1 unspecified atom stereocenters. The summed E-state index contributed by atoms with van der Waals surface area (Å²) >= 11 is 0. The van der Waals surface area contributed by atoms with Crippen molar-refractivity contribution in [2.75, 3.05) is 6.61 Å². The quantitative estimate of drug-likeness (QED) is 0.102. The molecule has 0 radical (unpaired) electrons. The first kappa shape index (κ1) is 50.7. The van der Waals surface area contributed by atoms with Gasteiger partial charge in [-0.3, -0.25) is 14.4 Å². The summed E-state index contributed by atoms with van der Waals surface area (Å²) in [6.45, 7) is 30.6. The fourth-order valence-corrected chi connectivity index (χ4v) is 15.3. The molecule has 63 heavy (non-hydrogen) atoms. The Balaban J connectivity index is 1.67. The van der Waals surface area contributed by atoms with E-state index in [0.717, 1.165) is 18.1 Å². The van der Waals surface area contributed by atoms with Crippen molar-refractivity contribution in [2.24, 2.45) is 28.6 Å². The number of benzene rings is 2. The van der Waals surface area contributed by atoms with Crippen LogP contribution in [-0.2, 0) is 32.7 Å². The predicted molar refractivity (Wildman–Crippen MR) is 253 cm³/mol. The van der Waals surface area contributed by atoms with Gasteiger partial charge in [0.25, 0.3) is 5.91 Å². The highest BCUT2D eigenvalue weighted by molar-refractivity contribution is 6.74. The second kappa shape index (κ2) is 18.9. The summed E-state index contributed by atoms with van der Waals surface area (Å²) in [7, 11) is -5.07. The molecule has 3 aliphatic rings. The van der Waals surface area contributed by atoms with E-state index >= 15 is 14.4 Å². The van der Waals surface area contributed by atoms with Gasteiger partial charge in [0, 0.05) is 29.6 Å². The van der Waals surface area contributed by atoms with Crippen molar-refractivity contribution in [3.8, 4) is 0 Å². The summed E-state index contributed by atoms with van der Waals surface area (Å²) in [5, 5.41) is 16.4. The van der Waals surface area contributed by atoms with Crippen molar-refractivity contribution in [3.05, 3.63) is 82.9 Å². The van der Waals surface area contributed by atoms with E-state index in [1.165, 1.54) is 0 Å². The number of ether oxygens (including phenoxy) is 2. The number of Topliss-reactive ketones (excluding diaryl/α,β-unsaturated/α-hetero) is 2. The van der Waals surface area contributed by atoms with Crippen molar-refractivity contribution in [3.63, 3.8) is 0 Å². The van der Waals surface area contributed by atoms with Gasteiger partial charge in [0.05, 0.1) is 29.3 Å². The summed E-state index contributed by atoms with van der Waals surface area (Å²) in [4.78, 5) is 59.9. The molecule has 1 amide bonds. The van der Waals surface area contributed by atoms with E-state index in [-0.39, 0.29) is 35.0 Å². The van der Waals surface area contributed by atoms with Gasteiger partial charge in [0.1, 0.15) is 6.10 Å². The maximum absolute atomic E-state index is 15.4. The van der Waals surface area contributed by atoms with Gasteiger partial charge in [-0.1, -0.05) is 118 Å². The van der Waals surface area contributed by atoms with Crippen LogP contribution in [0.4, 0.5) is 0 Å². The van der Waals surface area contributed by atoms with Gasteiger partial charge in [0.15, 0.2) is 22.7 Å². The maximum atomic E-state index is 15.4. The number of esters is 1. The van der Waals surface area contributed by atoms with Gasteiger partial charge in [0.2, 0.25) is 11.6 Å². The highest BCUT2D eigenvalue weighted by Gasteiger charge is 2.69. The fraction of sp³-hybridized carbons (Fsp3) is 0.647. The van der Waals surface area contributed by atoms with Crippen molar-refractivity contribution >= 4 is 40.1 Å². The molecule has 2 bridgehead atoms. The second-order valence-electron chi connectivity index (χ2n) is 21.0. The molecule has 2 N–H and O–H groups in total. The summed E-state index contributed by atoms with van der Waals surface area (Å²) in [6.07, 6.45) is -2.80. The lowest BCUT2D eigenvalue weighted by molar-refractivity contribution is -0.211. The highest BCUT2D eigenvalue weighted by Crippen LogP contribution is 2.62. The molecule has 348 valence electrons. The Morgan fingerprint density at radius 2 is 1.46 bits per heavy atom. The summed E-state index contributed by atoms with van der Waals surface area (Å²) in [5.74, 6) is -3.65. The first-order valence-corrected chi connectivity index (χ1v) is 28.9. The van der Waals surface area contributed by atoms with E-state index in [1.54, 1.807) is 31.2 Å². The zero-order valence-electron chi connectivity index (χ0n) is 40.8. The molecule has 2 saturated carbocycles. The minimum atomic E-state index is -2.76. The third-order valence-electron chi connectivity index (χ3n) is 16.5. The molecular weight excluding hydrogens is 827 g/mol. The number of ketones is 2. The number of carbonyl (C=O) groups excluding carboxylic acids is 4. The molecule has 2 aromatic rings. The van der Waals surface area contributed by atoms with Gasteiger partial charge < -0.3 is 28.7 Å². The molecular formula is C51H77NO9Si2. The summed E-state index contributed by atoms with van der Waals surface area (Å²) in [5.41, 5.74) is -2.43. The van der Waals surface area contributed by atoms with Crippen molar-refractivity contribution < 1.29 is 42.6 Å². The number of rotatable bonds is 15. The van der Waals surface area contributed by atoms with Crippen LogP contribution < -0.4 is 5.32 Å². The van der Waals surface area contributed by atoms with Crippen molar-refractivity contribution in [2.45, 2.75) is 175 Å². The Bertz CT molecular complexity index is 2000. The Labute approximate surface area is 379 Å². The predicted octanol–water partition coefficient (Wildman–Crippen LogP) is 10.2. The number of hydrogen-bond acceptors (Lipinski definition) is 9. The Morgan fingerprint density at radius 3 is 1.98 bits per heavy atom. The van der Waals surface area contributed by atoms with Gasteiger partial charge in [-0.15, -0.1) is 0 Å². The molecule has 0 saturated heterocycles. The Kier molecular flexibility index (Phi) is 15.2. The van der Waals surface area contributed by atoms with Gasteiger partial charge in [-0.2, -0.15) is 0 Å². The molecule has 0 spiro atoms. The molecule has 12 heteroatoms. The first-order chi connectivity index (χ1) is 29.3. The molecule has 3 aliphatic carbocycles. The minimum absolute atomic E-state index is 0.0232. The van der Waals surface area contributed by atoms with Crippen molar-refractivity contribution in [1.82, 2.24) is 5.32 Å².